The topological polar surface area (TPSA) is 58.4 Å². The van der Waals surface area contributed by atoms with E-state index >= 15 is 0 Å². The molecule has 1 N–H and O–H groups in total. The van der Waals surface area contributed by atoms with Crippen LogP contribution in [-0.2, 0) is 6.54 Å². The van der Waals surface area contributed by atoms with E-state index in [4.69, 9.17) is 0 Å². The lowest BCUT2D eigenvalue weighted by Gasteiger charge is -2.47. The molecule has 1 saturated carbocycles. The Hall–Kier alpha value is -1.20. The molecule has 0 spiro atoms. The van der Waals surface area contributed by atoms with Gasteiger partial charge < -0.3 is 5.11 Å². The summed E-state index contributed by atoms with van der Waals surface area (Å²) >= 11 is 0. The van der Waals surface area contributed by atoms with Crippen molar-refractivity contribution in [2.75, 3.05) is 13.1 Å². The fourth-order valence-corrected chi connectivity index (χ4v) is 3.44. The summed E-state index contributed by atoms with van der Waals surface area (Å²) in [5.41, 5.74) is 0.857. The molecule has 2 heterocycles. The molecular weight excluding hydrogens is 254 g/mol. The largest absolute Gasteiger partial charge is 0.391 e. The van der Waals surface area contributed by atoms with E-state index in [1.165, 1.54) is 6.42 Å². The molecule has 0 bridgehead atoms. The van der Waals surface area contributed by atoms with Crippen LogP contribution in [0.5, 0.6) is 0 Å². The molecule has 5 heteroatoms. The lowest BCUT2D eigenvalue weighted by atomic mass is 9.87. The Morgan fingerprint density at radius 2 is 2.05 bits per heavy atom. The van der Waals surface area contributed by atoms with Crippen molar-refractivity contribution >= 4 is 0 Å². The van der Waals surface area contributed by atoms with E-state index in [0.29, 0.717) is 18.5 Å². The van der Waals surface area contributed by atoms with Gasteiger partial charge in [0.25, 0.3) is 5.56 Å². The van der Waals surface area contributed by atoms with Crippen molar-refractivity contribution in [2.24, 2.45) is 5.92 Å². The molecule has 1 aliphatic heterocycles. The summed E-state index contributed by atoms with van der Waals surface area (Å²) in [5.74, 6) is 0.483. The second kappa shape index (κ2) is 5.66. The number of aliphatic hydroxyl groups is 1. The van der Waals surface area contributed by atoms with Crippen LogP contribution in [0, 0.1) is 12.8 Å². The molecule has 1 aromatic rings. The van der Waals surface area contributed by atoms with Gasteiger partial charge in [0.05, 0.1) is 18.3 Å². The van der Waals surface area contributed by atoms with Crippen LogP contribution in [0.4, 0.5) is 0 Å². The molecule has 0 amide bonds. The van der Waals surface area contributed by atoms with Crippen molar-refractivity contribution in [3.05, 3.63) is 28.2 Å². The predicted octanol–water partition coefficient (Wildman–Crippen LogP) is 0.787. The molecule has 1 aromatic heterocycles. The lowest BCUT2D eigenvalue weighted by Crippen LogP contribution is -2.58. The molecule has 0 radical (unpaired) electrons. The Bertz CT molecular complexity index is 522. The number of aryl methyl sites for hydroxylation is 1. The SMILES string of the molecule is Cc1ccc(=O)n(CC2CN(C3CCCCC3O)C2)n1. The first-order valence-electron chi connectivity index (χ1n) is 7.60. The Morgan fingerprint density at radius 3 is 2.80 bits per heavy atom. The third-order valence-electron chi connectivity index (χ3n) is 4.58. The summed E-state index contributed by atoms with van der Waals surface area (Å²) in [4.78, 5) is 14.1. The summed E-state index contributed by atoms with van der Waals surface area (Å²) < 4.78 is 1.58. The highest BCUT2D eigenvalue weighted by Crippen LogP contribution is 2.29. The number of hydrogen-bond acceptors (Lipinski definition) is 4. The first kappa shape index (κ1) is 13.8. The van der Waals surface area contributed by atoms with Gasteiger partial charge in [-0.05, 0) is 25.8 Å². The minimum Gasteiger partial charge on any atom is -0.391 e. The smallest absolute Gasteiger partial charge is 0.266 e. The Labute approximate surface area is 119 Å². The molecule has 2 atom stereocenters. The monoisotopic (exact) mass is 277 g/mol. The van der Waals surface area contributed by atoms with E-state index in [1.54, 1.807) is 16.8 Å². The van der Waals surface area contributed by atoms with Gasteiger partial charge in [-0.1, -0.05) is 12.8 Å². The molecule has 3 rings (SSSR count). The van der Waals surface area contributed by atoms with Gasteiger partial charge in [-0.2, -0.15) is 5.10 Å². The van der Waals surface area contributed by atoms with Gasteiger partial charge in [0.15, 0.2) is 0 Å². The summed E-state index contributed by atoms with van der Waals surface area (Å²) in [5, 5.41) is 14.3. The maximum atomic E-state index is 11.7. The average molecular weight is 277 g/mol. The summed E-state index contributed by atoms with van der Waals surface area (Å²) in [6, 6.07) is 3.68. The molecule has 1 aliphatic carbocycles. The van der Waals surface area contributed by atoms with Crippen LogP contribution in [0.1, 0.15) is 31.4 Å². The van der Waals surface area contributed by atoms with Crippen molar-refractivity contribution in [3.63, 3.8) is 0 Å². The highest BCUT2D eigenvalue weighted by molar-refractivity contribution is 4.98. The van der Waals surface area contributed by atoms with Crippen LogP contribution in [0.15, 0.2) is 16.9 Å². The van der Waals surface area contributed by atoms with E-state index in [2.05, 4.69) is 10.00 Å². The molecule has 20 heavy (non-hydrogen) atoms. The first-order valence-corrected chi connectivity index (χ1v) is 7.60. The number of nitrogens with zero attached hydrogens (tertiary/aromatic N) is 3. The summed E-state index contributed by atoms with van der Waals surface area (Å²) in [6.45, 7) is 4.55. The zero-order chi connectivity index (χ0) is 14.1. The Balaban J connectivity index is 1.55. The number of aromatic nitrogens is 2. The Morgan fingerprint density at radius 1 is 1.30 bits per heavy atom. The second-order valence-corrected chi connectivity index (χ2v) is 6.23. The van der Waals surface area contributed by atoms with Crippen molar-refractivity contribution < 1.29 is 5.11 Å². The molecule has 5 nitrogen and oxygen atoms in total. The minimum absolute atomic E-state index is 0.0215. The number of aliphatic hydroxyl groups excluding tert-OH is 1. The van der Waals surface area contributed by atoms with Gasteiger partial charge in [0.2, 0.25) is 0 Å². The third kappa shape index (κ3) is 2.79. The zero-order valence-corrected chi connectivity index (χ0v) is 12.0. The van der Waals surface area contributed by atoms with Crippen molar-refractivity contribution in [2.45, 2.75) is 51.3 Å². The van der Waals surface area contributed by atoms with Crippen LogP contribution in [0.25, 0.3) is 0 Å². The van der Waals surface area contributed by atoms with Crippen LogP contribution in [0.2, 0.25) is 0 Å². The number of likely N-dealkylation sites (tertiary alicyclic amines) is 1. The van der Waals surface area contributed by atoms with Crippen molar-refractivity contribution in [3.8, 4) is 0 Å². The van der Waals surface area contributed by atoms with Gasteiger partial charge in [-0.15, -0.1) is 0 Å². The second-order valence-electron chi connectivity index (χ2n) is 6.23. The fraction of sp³-hybridized carbons (Fsp3) is 0.733. The molecular formula is C15H23N3O2. The molecule has 2 aliphatic rings. The summed E-state index contributed by atoms with van der Waals surface area (Å²) in [6.07, 6.45) is 4.25. The van der Waals surface area contributed by atoms with Gasteiger partial charge >= 0.3 is 0 Å². The van der Waals surface area contributed by atoms with Crippen LogP contribution in [0.3, 0.4) is 0 Å². The summed E-state index contributed by atoms with van der Waals surface area (Å²) in [7, 11) is 0. The van der Waals surface area contributed by atoms with Gasteiger partial charge in [0, 0.05) is 31.1 Å². The van der Waals surface area contributed by atoms with Gasteiger partial charge in [-0.3, -0.25) is 9.69 Å². The van der Waals surface area contributed by atoms with Crippen molar-refractivity contribution in [1.82, 2.24) is 14.7 Å². The van der Waals surface area contributed by atoms with Gasteiger partial charge in [-0.25, -0.2) is 4.68 Å². The van der Waals surface area contributed by atoms with Crippen LogP contribution < -0.4 is 5.56 Å². The maximum Gasteiger partial charge on any atom is 0.266 e. The van der Waals surface area contributed by atoms with E-state index in [0.717, 1.165) is 38.0 Å². The van der Waals surface area contributed by atoms with E-state index in [1.807, 2.05) is 6.92 Å². The van der Waals surface area contributed by atoms with E-state index in [-0.39, 0.29) is 11.7 Å². The van der Waals surface area contributed by atoms with E-state index in [9.17, 15) is 9.90 Å². The number of hydrogen-bond donors (Lipinski definition) is 1. The molecule has 1 saturated heterocycles. The highest BCUT2D eigenvalue weighted by Gasteiger charge is 2.37. The van der Waals surface area contributed by atoms with E-state index < -0.39 is 0 Å². The Kier molecular flexibility index (Phi) is 3.89. The van der Waals surface area contributed by atoms with Gasteiger partial charge in [0.1, 0.15) is 0 Å². The third-order valence-corrected chi connectivity index (χ3v) is 4.58. The molecule has 0 aromatic carbocycles. The number of rotatable bonds is 3. The molecule has 2 fully saturated rings. The maximum absolute atomic E-state index is 11.7. The zero-order valence-electron chi connectivity index (χ0n) is 12.0. The first-order chi connectivity index (χ1) is 9.63. The fourth-order valence-electron chi connectivity index (χ4n) is 3.44. The van der Waals surface area contributed by atoms with Crippen molar-refractivity contribution in [1.29, 1.82) is 0 Å². The average Bonchev–Trinajstić information content (AvgIpc) is 2.38. The van der Waals surface area contributed by atoms with Crippen LogP contribution in [-0.4, -0.2) is 45.0 Å². The standard InChI is InChI=1S/C15H23N3O2/c1-11-6-7-15(20)18(16-11)10-12-8-17(9-12)13-4-2-3-5-14(13)19/h6-7,12-14,19H,2-5,8-10H2,1H3. The molecule has 110 valence electrons. The quantitative estimate of drug-likeness (QED) is 0.887. The van der Waals surface area contributed by atoms with Crippen LogP contribution >= 0.6 is 0 Å². The lowest BCUT2D eigenvalue weighted by molar-refractivity contribution is -0.0404. The predicted molar refractivity (Wildman–Crippen MR) is 76.6 cm³/mol. The molecule has 2 unspecified atom stereocenters. The highest BCUT2D eigenvalue weighted by atomic mass is 16.3. The minimum atomic E-state index is -0.162. The normalized spacial score (nSPS) is 28.3.